The summed E-state index contributed by atoms with van der Waals surface area (Å²) in [6.07, 6.45) is 0.493. The third kappa shape index (κ3) is 3.89. The van der Waals surface area contributed by atoms with Crippen molar-refractivity contribution in [3.8, 4) is 11.5 Å². The maximum atomic E-state index is 13.0. The second-order valence-electron chi connectivity index (χ2n) is 6.41. The summed E-state index contributed by atoms with van der Waals surface area (Å²) in [5.41, 5.74) is 2.70. The van der Waals surface area contributed by atoms with E-state index in [4.69, 9.17) is 14.2 Å². The largest absolute Gasteiger partial charge is 0.493 e. The van der Waals surface area contributed by atoms with Gasteiger partial charge in [0.2, 0.25) is 5.91 Å². The third-order valence-corrected chi connectivity index (χ3v) is 4.82. The molecule has 1 unspecified atom stereocenters. The van der Waals surface area contributed by atoms with Gasteiger partial charge in [-0.2, -0.15) is 0 Å². The molecule has 0 fully saturated rings. The van der Waals surface area contributed by atoms with E-state index < -0.39 is 0 Å². The van der Waals surface area contributed by atoms with Crippen LogP contribution in [0.3, 0.4) is 0 Å². The van der Waals surface area contributed by atoms with E-state index in [0.717, 1.165) is 16.8 Å². The molecule has 27 heavy (non-hydrogen) atoms. The smallest absolute Gasteiger partial charge is 0.306 e. The Kier molecular flexibility index (Phi) is 5.64. The minimum atomic E-state index is -0.274. The number of benzene rings is 2. The SMILES string of the molecule is COC(=O)CC1CN(C(=O)Cc2ccc(OC)c(OC)c2)c2ccccc21. The second-order valence-corrected chi connectivity index (χ2v) is 6.41. The van der Waals surface area contributed by atoms with E-state index >= 15 is 0 Å². The zero-order valence-corrected chi connectivity index (χ0v) is 15.7. The fourth-order valence-electron chi connectivity index (χ4n) is 3.45. The van der Waals surface area contributed by atoms with Crippen LogP contribution in [0, 0.1) is 0 Å². The van der Waals surface area contributed by atoms with Crippen molar-refractivity contribution in [3.63, 3.8) is 0 Å². The lowest BCUT2D eigenvalue weighted by molar-refractivity contribution is -0.141. The monoisotopic (exact) mass is 369 g/mol. The molecular weight excluding hydrogens is 346 g/mol. The Morgan fingerprint density at radius 1 is 1.04 bits per heavy atom. The molecule has 0 saturated carbocycles. The van der Waals surface area contributed by atoms with Gasteiger partial charge in [-0.25, -0.2) is 0 Å². The van der Waals surface area contributed by atoms with Crippen LogP contribution in [0.15, 0.2) is 42.5 Å². The topological polar surface area (TPSA) is 65.1 Å². The first-order valence-electron chi connectivity index (χ1n) is 8.74. The Balaban J connectivity index is 1.80. The molecular formula is C21H23NO5. The molecule has 2 aromatic rings. The molecule has 0 aromatic heterocycles. The van der Waals surface area contributed by atoms with Crippen LogP contribution in [0.5, 0.6) is 11.5 Å². The van der Waals surface area contributed by atoms with Gasteiger partial charge in [-0.3, -0.25) is 9.59 Å². The lowest BCUT2D eigenvalue weighted by Gasteiger charge is -2.18. The van der Waals surface area contributed by atoms with Gasteiger partial charge < -0.3 is 19.1 Å². The molecule has 0 aliphatic carbocycles. The zero-order chi connectivity index (χ0) is 19.4. The van der Waals surface area contributed by atoms with Gasteiger partial charge >= 0.3 is 5.97 Å². The molecule has 0 N–H and O–H groups in total. The van der Waals surface area contributed by atoms with Gasteiger partial charge in [0.1, 0.15) is 0 Å². The van der Waals surface area contributed by atoms with E-state index in [-0.39, 0.29) is 30.6 Å². The molecule has 0 bridgehead atoms. The minimum absolute atomic E-state index is 0.0259. The summed E-state index contributed by atoms with van der Waals surface area (Å²) in [6.45, 7) is 0.473. The van der Waals surface area contributed by atoms with Crippen LogP contribution in [-0.4, -0.2) is 39.8 Å². The van der Waals surface area contributed by atoms with Crippen LogP contribution < -0.4 is 14.4 Å². The first-order chi connectivity index (χ1) is 13.1. The lowest BCUT2D eigenvalue weighted by Crippen LogP contribution is -2.31. The maximum Gasteiger partial charge on any atom is 0.306 e. The standard InChI is InChI=1S/C21H23NO5/c1-25-18-9-8-14(10-19(18)26-2)11-20(23)22-13-15(12-21(24)27-3)16-6-4-5-7-17(16)22/h4-10,15H,11-13H2,1-3H3. The highest BCUT2D eigenvalue weighted by atomic mass is 16.5. The first kappa shape index (κ1) is 18.8. The van der Waals surface area contributed by atoms with Crippen molar-refractivity contribution in [3.05, 3.63) is 53.6 Å². The Morgan fingerprint density at radius 3 is 2.48 bits per heavy atom. The van der Waals surface area contributed by atoms with Crippen LogP contribution in [0.2, 0.25) is 0 Å². The molecule has 3 rings (SSSR count). The highest BCUT2D eigenvalue weighted by molar-refractivity contribution is 5.97. The van der Waals surface area contributed by atoms with Crippen LogP contribution in [-0.2, 0) is 20.7 Å². The number of ether oxygens (including phenoxy) is 3. The minimum Gasteiger partial charge on any atom is -0.493 e. The van der Waals surface area contributed by atoms with Gasteiger partial charge in [0, 0.05) is 18.2 Å². The Morgan fingerprint density at radius 2 is 1.78 bits per heavy atom. The number of hydrogen-bond acceptors (Lipinski definition) is 5. The Hall–Kier alpha value is -3.02. The molecule has 1 amide bonds. The summed E-state index contributed by atoms with van der Waals surface area (Å²) >= 11 is 0. The molecule has 1 aliphatic heterocycles. The highest BCUT2D eigenvalue weighted by Crippen LogP contribution is 2.38. The molecule has 142 valence electrons. The first-order valence-corrected chi connectivity index (χ1v) is 8.74. The fourth-order valence-corrected chi connectivity index (χ4v) is 3.45. The van der Waals surface area contributed by atoms with Crippen LogP contribution in [0.1, 0.15) is 23.5 Å². The van der Waals surface area contributed by atoms with Gasteiger partial charge in [0.15, 0.2) is 11.5 Å². The van der Waals surface area contributed by atoms with Crippen molar-refractivity contribution >= 4 is 17.6 Å². The molecule has 1 heterocycles. The summed E-state index contributed by atoms with van der Waals surface area (Å²) in [7, 11) is 4.52. The molecule has 0 saturated heterocycles. The Bertz CT molecular complexity index is 848. The number of methoxy groups -OCH3 is 3. The molecule has 6 nitrogen and oxygen atoms in total. The molecule has 0 spiro atoms. The quantitative estimate of drug-likeness (QED) is 0.733. The van der Waals surface area contributed by atoms with E-state index in [1.54, 1.807) is 25.2 Å². The van der Waals surface area contributed by atoms with Gasteiger partial charge in [-0.1, -0.05) is 24.3 Å². The number of anilines is 1. The van der Waals surface area contributed by atoms with Crippen LogP contribution in [0.4, 0.5) is 5.69 Å². The average molecular weight is 369 g/mol. The number of rotatable bonds is 6. The van der Waals surface area contributed by atoms with Crippen molar-refractivity contribution in [2.24, 2.45) is 0 Å². The summed E-state index contributed by atoms with van der Waals surface area (Å²) in [5.74, 6) is 0.862. The highest BCUT2D eigenvalue weighted by Gasteiger charge is 2.33. The van der Waals surface area contributed by atoms with E-state index in [1.165, 1.54) is 7.11 Å². The molecule has 2 aromatic carbocycles. The number of para-hydroxylation sites is 1. The van der Waals surface area contributed by atoms with Crippen molar-refractivity contribution in [2.75, 3.05) is 32.8 Å². The van der Waals surface area contributed by atoms with Gasteiger partial charge in [-0.05, 0) is 29.3 Å². The number of nitrogens with zero attached hydrogens (tertiary/aromatic N) is 1. The predicted octanol–water partition coefficient (Wildman–Crippen LogP) is 2.94. The van der Waals surface area contributed by atoms with Crippen molar-refractivity contribution < 1.29 is 23.8 Å². The summed E-state index contributed by atoms with van der Waals surface area (Å²) < 4.78 is 15.3. The zero-order valence-electron chi connectivity index (χ0n) is 15.7. The lowest BCUT2D eigenvalue weighted by atomic mass is 9.98. The van der Waals surface area contributed by atoms with Crippen LogP contribution in [0.25, 0.3) is 0 Å². The van der Waals surface area contributed by atoms with Crippen LogP contribution >= 0.6 is 0 Å². The molecule has 1 atom stereocenters. The molecule has 0 radical (unpaired) electrons. The van der Waals surface area contributed by atoms with Crippen molar-refractivity contribution in [2.45, 2.75) is 18.8 Å². The number of fused-ring (bicyclic) bond motifs is 1. The fraction of sp³-hybridized carbons (Fsp3) is 0.333. The number of carbonyl (C=O) groups is 2. The summed E-state index contributed by atoms with van der Waals surface area (Å²) in [4.78, 5) is 26.4. The van der Waals surface area contributed by atoms with E-state index in [0.29, 0.717) is 18.0 Å². The third-order valence-electron chi connectivity index (χ3n) is 4.82. The predicted molar refractivity (Wildman–Crippen MR) is 101 cm³/mol. The molecule has 6 heteroatoms. The Labute approximate surface area is 158 Å². The summed E-state index contributed by atoms with van der Waals surface area (Å²) in [5, 5.41) is 0. The normalized spacial score (nSPS) is 15.2. The summed E-state index contributed by atoms with van der Waals surface area (Å²) in [6, 6.07) is 13.2. The van der Waals surface area contributed by atoms with E-state index in [1.807, 2.05) is 36.4 Å². The van der Waals surface area contributed by atoms with Gasteiger partial charge in [0.25, 0.3) is 0 Å². The number of esters is 1. The van der Waals surface area contributed by atoms with E-state index in [9.17, 15) is 9.59 Å². The second kappa shape index (κ2) is 8.12. The van der Waals surface area contributed by atoms with Crippen molar-refractivity contribution in [1.29, 1.82) is 0 Å². The van der Waals surface area contributed by atoms with E-state index in [2.05, 4.69) is 0 Å². The maximum absolute atomic E-state index is 13.0. The average Bonchev–Trinajstić information content (AvgIpc) is 3.06. The van der Waals surface area contributed by atoms with Crippen molar-refractivity contribution in [1.82, 2.24) is 0 Å². The number of amides is 1. The number of carbonyl (C=O) groups excluding carboxylic acids is 2. The number of hydrogen-bond donors (Lipinski definition) is 0. The van der Waals surface area contributed by atoms with Gasteiger partial charge in [-0.15, -0.1) is 0 Å². The molecule has 1 aliphatic rings. The van der Waals surface area contributed by atoms with Gasteiger partial charge in [0.05, 0.1) is 34.2 Å².